The minimum absolute atomic E-state index is 0.0355. The van der Waals surface area contributed by atoms with Gasteiger partial charge in [0, 0.05) is 18.4 Å². The van der Waals surface area contributed by atoms with Crippen molar-refractivity contribution in [2.24, 2.45) is 0 Å². The second-order valence-corrected chi connectivity index (χ2v) is 7.02. The number of rotatable bonds is 5. The van der Waals surface area contributed by atoms with Crippen LogP contribution >= 0.6 is 0 Å². The van der Waals surface area contributed by atoms with Crippen LogP contribution in [0.5, 0.6) is 0 Å². The van der Waals surface area contributed by atoms with Crippen LogP contribution in [0.4, 0.5) is 0 Å². The van der Waals surface area contributed by atoms with Crippen LogP contribution in [-0.2, 0) is 22.4 Å². The van der Waals surface area contributed by atoms with E-state index in [0.717, 1.165) is 11.1 Å². The lowest BCUT2D eigenvalue weighted by Gasteiger charge is -2.34. The fourth-order valence-electron chi connectivity index (χ4n) is 3.75. The van der Waals surface area contributed by atoms with E-state index in [1.165, 1.54) is 0 Å². The largest absolute Gasteiger partial charge is 0.442 e. The van der Waals surface area contributed by atoms with Gasteiger partial charge in [0.2, 0.25) is 0 Å². The summed E-state index contributed by atoms with van der Waals surface area (Å²) in [7, 11) is 0. The first-order valence-electron chi connectivity index (χ1n) is 9.31. The van der Waals surface area contributed by atoms with Gasteiger partial charge in [-0.2, -0.15) is 0 Å². The molecule has 0 aromatic heterocycles. The SMILES string of the molecule is O=C(c1ccccc1)N1COC(=O)C1(Cc1ccccc1)Cc1ccccc1. The molecule has 0 spiro atoms. The van der Waals surface area contributed by atoms with E-state index in [2.05, 4.69) is 0 Å². The second kappa shape index (κ2) is 7.69. The van der Waals surface area contributed by atoms with Gasteiger partial charge in [-0.25, -0.2) is 4.79 Å². The van der Waals surface area contributed by atoms with Crippen LogP contribution in [0.2, 0.25) is 0 Å². The average molecular weight is 371 g/mol. The standard InChI is InChI=1S/C24H21NO3/c26-22(21-14-8-3-9-15-21)25-18-28-23(27)24(25,16-19-10-4-1-5-11-19)17-20-12-6-2-7-13-20/h1-15H,16-18H2. The van der Waals surface area contributed by atoms with E-state index in [4.69, 9.17) is 4.74 Å². The number of carbonyl (C=O) groups is 2. The first-order chi connectivity index (χ1) is 13.7. The Balaban J connectivity index is 1.76. The molecule has 4 rings (SSSR count). The summed E-state index contributed by atoms with van der Waals surface area (Å²) in [5.41, 5.74) is 1.45. The second-order valence-electron chi connectivity index (χ2n) is 7.02. The highest BCUT2D eigenvalue weighted by atomic mass is 16.6. The van der Waals surface area contributed by atoms with Crippen molar-refractivity contribution in [2.75, 3.05) is 6.73 Å². The Morgan fingerprint density at radius 1 is 0.786 bits per heavy atom. The number of esters is 1. The molecule has 4 nitrogen and oxygen atoms in total. The maximum atomic E-state index is 13.3. The predicted octanol–water partition coefficient (Wildman–Crippen LogP) is 3.87. The Bertz CT molecular complexity index is 913. The molecule has 0 saturated carbocycles. The summed E-state index contributed by atoms with van der Waals surface area (Å²) in [6, 6.07) is 28.6. The van der Waals surface area contributed by atoms with Crippen molar-refractivity contribution in [1.82, 2.24) is 4.90 Å². The molecule has 28 heavy (non-hydrogen) atoms. The molecule has 0 radical (unpaired) electrons. The van der Waals surface area contributed by atoms with Crippen LogP contribution in [0.25, 0.3) is 0 Å². The van der Waals surface area contributed by atoms with Gasteiger partial charge in [0.05, 0.1) is 0 Å². The number of benzene rings is 3. The molecule has 1 aliphatic rings. The van der Waals surface area contributed by atoms with Gasteiger partial charge in [-0.3, -0.25) is 9.69 Å². The highest BCUT2D eigenvalue weighted by Crippen LogP contribution is 2.33. The molecule has 1 saturated heterocycles. The van der Waals surface area contributed by atoms with Gasteiger partial charge in [-0.15, -0.1) is 0 Å². The lowest BCUT2D eigenvalue weighted by Crippen LogP contribution is -2.54. The molecule has 0 aliphatic carbocycles. The van der Waals surface area contributed by atoms with E-state index in [0.29, 0.717) is 18.4 Å². The fraction of sp³-hybridized carbons (Fsp3) is 0.167. The van der Waals surface area contributed by atoms with Crippen molar-refractivity contribution in [3.63, 3.8) is 0 Å². The molecule has 1 amide bonds. The molecule has 0 N–H and O–H groups in total. The zero-order valence-electron chi connectivity index (χ0n) is 15.5. The zero-order valence-corrected chi connectivity index (χ0v) is 15.5. The minimum atomic E-state index is -1.07. The topological polar surface area (TPSA) is 46.6 Å². The maximum absolute atomic E-state index is 13.3. The highest BCUT2D eigenvalue weighted by molar-refractivity contribution is 5.99. The Kier molecular flexibility index (Phi) is 4.94. The van der Waals surface area contributed by atoms with Gasteiger partial charge in [-0.1, -0.05) is 78.9 Å². The first-order valence-corrected chi connectivity index (χ1v) is 9.31. The van der Waals surface area contributed by atoms with Crippen LogP contribution in [0.15, 0.2) is 91.0 Å². The van der Waals surface area contributed by atoms with E-state index >= 15 is 0 Å². The van der Waals surface area contributed by atoms with Crippen LogP contribution in [0.1, 0.15) is 21.5 Å². The quantitative estimate of drug-likeness (QED) is 0.640. The summed E-state index contributed by atoms with van der Waals surface area (Å²) >= 11 is 0. The van der Waals surface area contributed by atoms with Gasteiger partial charge >= 0.3 is 5.97 Å². The molecule has 1 heterocycles. The molecule has 1 fully saturated rings. The number of cyclic esters (lactones) is 1. The lowest BCUT2D eigenvalue weighted by atomic mass is 9.83. The van der Waals surface area contributed by atoms with Gasteiger partial charge < -0.3 is 4.74 Å². The molecular formula is C24H21NO3. The minimum Gasteiger partial charge on any atom is -0.442 e. The van der Waals surface area contributed by atoms with Crippen molar-refractivity contribution in [2.45, 2.75) is 18.4 Å². The van der Waals surface area contributed by atoms with E-state index in [9.17, 15) is 9.59 Å². The number of ether oxygens (including phenoxy) is 1. The van der Waals surface area contributed by atoms with Crippen molar-refractivity contribution in [3.8, 4) is 0 Å². The Labute approximate surface area is 164 Å². The zero-order chi connectivity index (χ0) is 19.4. The number of hydrogen-bond acceptors (Lipinski definition) is 3. The summed E-state index contributed by atoms with van der Waals surface area (Å²) in [4.78, 5) is 27.9. The van der Waals surface area contributed by atoms with E-state index < -0.39 is 5.54 Å². The molecule has 3 aromatic carbocycles. The van der Waals surface area contributed by atoms with Crippen molar-refractivity contribution in [3.05, 3.63) is 108 Å². The van der Waals surface area contributed by atoms with Crippen LogP contribution < -0.4 is 0 Å². The predicted molar refractivity (Wildman–Crippen MR) is 107 cm³/mol. The fourth-order valence-corrected chi connectivity index (χ4v) is 3.75. The molecular weight excluding hydrogens is 350 g/mol. The van der Waals surface area contributed by atoms with Gasteiger partial charge in [0.25, 0.3) is 5.91 Å². The third-order valence-electron chi connectivity index (χ3n) is 5.17. The molecule has 0 atom stereocenters. The van der Waals surface area contributed by atoms with Crippen molar-refractivity contribution >= 4 is 11.9 Å². The molecule has 0 bridgehead atoms. The van der Waals surface area contributed by atoms with Crippen LogP contribution in [-0.4, -0.2) is 29.0 Å². The Morgan fingerprint density at radius 2 is 1.25 bits per heavy atom. The van der Waals surface area contributed by atoms with Crippen molar-refractivity contribution in [1.29, 1.82) is 0 Å². The summed E-state index contributed by atoms with van der Waals surface area (Å²) in [5, 5.41) is 0. The van der Waals surface area contributed by atoms with Crippen LogP contribution in [0.3, 0.4) is 0 Å². The molecule has 4 heteroatoms. The van der Waals surface area contributed by atoms with E-state index in [1.54, 1.807) is 17.0 Å². The molecule has 140 valence electrons. The van der Waals surface area contributed by atoms with E-state index in [1.807, 2.05) is 78.9 Å². The van der Waals surface area contributed by atoms with Gasteiger partial charge in [-0.05, 0) is 23.3 Å². The monoisotopic (exact) mass is 371 g/mol. The number of nitrogens with zero attached hydrogens (tertiary/aromatic N) is 1. The molecule has 0 unspecified atom stereocenters. The smallest absolute Gasteiger partial charge is 0.334 e. The normalized spacial score (nSPS) is 15.3. The molecule has 1 aliphatic heterocycles. The lowest BCUT2D eigenvalue weighted by molar-refractivity contribution is -0.142. The Morgan fingerprint density at radius 3 is 1.75 bits per heavy atom. The van der Waals surface area contributed by atoms with Gasteiger partial charge in [0.1, 0.15) is 0 Å². The average Bonchev–Trinajstić information content (AvgIpc) is 3.05. The number of amides is 1. The summed E-state index contributed by atoms with van der Waals surface area (Å²) in [6.07, 6.45) is 0.806. The number of hydrogen-bond donors (Lipinski definition) is 0. The van der Waals surface area contributed by atoms with Crippen molar-refractivity contribution < 1.29 is 14.3 Å². The maximum Gasteiger partial charge on any atom is 0.334 e. The summed E-state index contributed by atoms with van der Waals surface area (Å²) < 4.78 is 5.43. The first kappa shape index (κ1) is 18.0. The molecule has 3 aromatic rings. The Hall–Kier alpha value is -3.40. The third-order valence-corrected chi connectivity index (χ3v) is 5.17. The van der Waals surface area contributed by atoms with Gasteiger partial charge in [0.15, 0.2) is 12.3 Å². The highest BCUT2D eigenvalue weighted by Gasteiger charge is 2.53. The van der Waals surface area contributed by atoms with E-state index in [-0.39, 0.29) is 18.6 Å². The van der Waals surface area contributed by atoms with Crippen LogP contribution in [0, 0.1) is 0 Å². The summed E-state index contributed by atoms with van der Waals surface area (Å²) in [6.45, 7) is -0.0355. The number of carbonyl (C=O) groups excluding carboxylic acids is 2. The summed E-state index contributed by atoms with van der Waals surface area (Å²) in [5.74, 6) is -0.553. The third kappa shape index (κ3) is 3.41.